The Hall–Kier alpha value is -2.58. The molecule has 0 spiro atoms. The zero-order valence-corrected chi connectivity index (χ0v) is 10.4. The maximum absolute atomic E-state index is 8.78. The number of pyridine rings is 1. The molecule has 0 atom stereocenters. The van der Waals surface area contributed by atoms with Crippen LogP contribution in [-0.2, 0) is 0 Å². The van der Waals surface area contributed by atoms with E-state index >= 15 is 0 Å². The summed E-state index contributed by atoms with van der Waals surface area (Å²) in [5.74, 6) is 6.12. The van der Waals surface area contributed by atoms with Crippen molar-refractivity contribution in [2.24, 2.45) is 0 Å². The summed E-state index contributed by atoms with van der Waals surface area (Å²) < 4.78 is 0. The minimum atomic E-state index is 0.530. The summed E-state index contributed by atoms with van der Waals surface area (Å²) in [5, 5.41) is 8.78. The Morgan fingerprint density at radius 3 is 2.11 bits per heavy atom. The molecule has 1 aromatic heterocycles. The average Bonchev–Trinajstić information content (AvgIpc) is 2.35. The summed E-state index contributed by atoms with van der Waals surface area (Å²) in [7, 11) is 0. The van der Waals surface area contributed by atoms with Crippen LogP contribution in [0, 0.1) is 37.0 Å². The summed E-state index contributed by atoms with van der Waals surface area (Å²) in [6, 6.07) is 9.99. The van der Waals surface area contributed by atoms with E-state index in [4.69, 9.17) is 5.26 Å². The molecular formula is C16H12N2. The van der Waals surface area contributed by atoms with Gasteiger partial charge in [0.2, 0.25) is 0 Å². The predicted octanol–water partition coefficient (Wildman–Crippen LogP) is 2.97. The normalized spacial score (nSPS) is 9.17. The van der Waals surface area contributed by atoms with Crippen molar-refractivity contribution in [3.63, 3.8) is 0 Å². The van der Waals surface area contributed by atoms with Gasteiger partial charge in [-0.05, 0) is 43.2 Å². The molecule has 0 amide bonds. The number of nitriles is 1. The molecule has 2 rings (SSSR count). The molecule has 0 aliphatic heterocycles. The van der Waals surface area contributed by atoms with Crippen LogP contribution in [0.2, 0.25) is 0 Å². The van der Waals surface area contributed by atoms with Crippen molar-refractivity contribution in [3.8, 4) is 17.9 Å². The smallest absolute Gasteiger partial charge is 0.101 e. The molecule has 0 bridgehead atoms. The van der Waals surface area contributed by atoms with Gasteiger partial charge in [0.15, 0.2) is 0 Å². The minimum Gasteiger partial charge on any atom is -0.262 e. The number of hydrogen-bond acceptors (Lipinski definition) is 2. The molecule has 0 saturated heterocycles. The monoisotopic (exact) mass is 232 g/mol. The van der Waals surface area contributed by atoms with Gasteiger partial charge in [0.05, 0.1) is 5.56 Å². The van der Waals surface area contributed by atoms with Crippen LogP contribution in [-0.4, -0.2) is 4.98 Å². The Morgan fingerprint density at radius 2 is 1.44 bits per heavy atom. The fourth-order valence-electron chi connectivity index (χ4n) is 1.76. The molecule has 0 saturated carbocycles. The van der Waals surface area contributed by atoms with Crippen molar-refractivity contribution in [1.29, 1.82) is 5.26 Å². The zero-order valence-electron chi connectivity index (χ0n) is 10.4. The molecule has 18 heavy (non-hydrogen) atoms. The van der Waals surface area contributed by atoms with Gasteiger partial charge in [0, 0.05) is 23.5 Å². The van der Waals surface area contributed by atoms with Gasteiger partial charge in [-0.25, -0.2) is 0 Å². The molecular weight excluding hydrogens is 220 g/mol. The van der Waals surface area contributed by atoms with Gasteiger partial charge in [-0.1, -0.05) is 17.9 Å². The molecule has 86 valence electrons. The summed E-state index contributed by atoms with van der Waals surface area (Å²) in [4.78, 5) is 3.98. The first-order chi connectivity index (χ1) is 8.67. The Balaban J connectivity index is 2.34. The van der Waals surface area contributed by atoms with Crippen molar-refractivity contribution in [2.45, 2.75) is 13.8 Å². The maximum Gasteiger partial charge on any atom is 0.101 e. The van der Waals surface area contributed by atoms with Crippen LogP contribution in [0.4, 0.5) is 0 Å². The third kappa shape index (κ3) is 2.97. The highest BCUT2D eigenvalue weighted by Crippen LogP contribution is 2.08. The topological polar surface area (TPSA) is 36.7 Å². The minimum absolute atomic E-state index is 0.530. The SMILES string of the molecule is Cc1cc(C)cc(C#Cc2cncc(C#N)c2)c1. The second kappa shape index (κ2) is 5.17. The van der Waals surface area contributed by atoms with Crippen molar-refractivity contribution in [2.75, 3.05) is 0 Å². The summed E-state index contributed by atoms with van der Waals surface area (Å²) >= 11 is 0. The Labute approximate surface area is 107 Å². The van der Waals surface area contributed by atoms with Gasteiger partial charge in [0.1, 0.15) is 6.07 Å². The molecule has 0 radical (unpaired) electrons. The molecule has 2 nitrogen and oxygen atoms in total. The lowest BCUT2D eigenvalue weighted by Gasteiger charge is -1.97. The summed E-state index contributed by atoms with van der Waals surface area (Å²) in [6.07, 6.45) is 3.19. The number of benzene rings is 1. The van der Waals surface area contributed by atoms with E-state index in [1.165, 1.54) is 17.3 Å². The molecule has 0 unspecified atom stereocenters. The number of nitrogens with zero attached hydrogens (tertiary/aromatic N) is 2. The van der Waals surface area contributed by atoms with Crippen LogP contribution in [0.15, 0.2) is 36.7 Å². The highest BCUT2D eigenvalue weighted by atomic mass is 14.6. The van der Waals surface area contributed by atoms with Crippen LogP contribution in [0.5, 0.6) is 0 Å². The standard InChI is InChI=1S/C16H12N2/c1-12-5-13(2)7-14(6-12)3-4-15-8-16(9-17)11-18-10-15/h5-8,10-11H,1-2H3. The Bertz CT molecular complexity index is 662. The fraction of sp³-hybridized carbons (Fsp3) is 0.125. The average molecular weight is 232 g/mol. The number of hydrogen-bond donors (Lipinski definition) is 0. The Morgan fingerprint density at radius 1 is 0.833 bits per heavy atom. The molecule has 1 aromatic carbocycles. The lowest BCUT2D eigenvalue weighted by atomic mass is 10.1. The van der Waals surface area contributed by atoms with Gasteiger partial charge in [-0.2, -0.15) is 5.26 Å². The number of aromatic nitrogens is 1. The van der Waals surface area contributed by atoms with Crippen LogP contribution < -0.4 is 0 Å². The second-order valence-electron chi connectivity index (χ2n) is 4.20. The third-order valence-corrected chi connectivity index (χ3v) is 2.44. The van der Waals surface area contributed by atoms with Crippen molar-refractivity contribution < 1.29 is 0 Å². The van der Waals surface area contributed by atoms with Crippen LogP contribution in [0.1, 0.15) is 27.8 Å². The summed E-state index contributed by atoms with van der Waals surface area (Å²) in [6.45, 7) is 4.10. The van der Waals surface area contributed by atoms with E-state index in [2.05, 4.69) is 42.8 Å². The lowest BCUT2D eigenvalue weighted by Crippen LogP contribution is -1.83. The highest BCUT2D eigenvalue weighted by molar-refractivity contribution is 5.46. The fourth-order valence-corrected chi connectivity index (χ4v) is 1.76. The number of rotatable bonds is 0. The van der Waals surface area contributed by atoms with E-state index in [9.17, 15) is 0 Å². The molecule has 2 heteroatoms. The zero-order chi connectivity index (χ0) is 13.0. The van der Waals surface area contributed by atoms with Crippen LogP contribution in [0.3, 0.4) is 0 Å². The van der Waals surface area contributed by atoms with Gasteiger partial charge < -0.3 is 0 Å². The molecule has 2 aromatic rings. The predicted molar refractivity (Wildman–Crippen MR) is 70.8 cm³/mol. The Kier molecular flexibility index (Phi) is 3.41. The first-order valence-corrected chi connectivity index (χ1v) is 5.63. The van der Waals surface area contributed by atoms with Crippen molar-refractivity contribution in [3.05, 3.63) is 64.5 Å². The van der Waals surface area contributed by atoms with Crippen molar-refractivity contribution >= 4 is 0 Å². The van der Waals surface area contributed by atoms with Crippen LogP contribution in [0.25, 0.3) is 0 Å². The largest absolute Gasteiger partial charge is 0.262 e. The van der Waals surface area contributed by atoms with E-state index < -0.39 is 0 Å². The van der Waals surface area contributed by atoms with Gasteiger partial charge in [-0.3, -0.25) is 4.98 Å². The molecule has 0 aliphatic carbocycles. The first-order valence-electron chi connectivity index (χ1n) is 5.63. The maximum atomic E-state index is 8.78. The molecule has 0 N–H and O–H groups in total. The molecule has 0 fully saturated rings. The molecule has 1 heterocycles. The van der Waals surface area contributed by atoms with Crippen LogP contribution >= 0.6 is 0 Å². The first kappa shape index (κ1) is 11.9. The molecule has 0 aliphatic rings. The van der Waals surface area contributed by atoms with E-state index in [0.29, 0.717) is 5.56 Å². The van der Waals surface area contributed by atoms with Gasteiger partial charge >= 0.3 is 0 Å². The third-order valence-electron chi connectivity index (χ3n) is 2.44. The van der Waals surface area contributed by atoms with E-state index in [1.807, 2.05) is 12.1 Å². The summed E-state index contributed by atoms with van der Waals surface area (Å²) in [5.41, 5.74) is 4.66. The van der Waals surface area contributed by atoms with Gasteiger partial charge in [-0.15, -0.1) is 0 Å². The second-order valence-corrected chi connectivity index (χ2v) is 4.20. The highest BCUT2D eigenvalue weighted by Gasteiger charge is 1.94. The van der Waals surface area contributed by atoms with E-state index in [-0.39, 0.29) is 0 Å². The van der Waals surface area contributed by atoms with Crippen molar-refractivity contribution in [1.82, 2.24) is 4.98 Å². The lowest BCUT2D eigenvalue weighted by molar-refractivity contribution is 1.29. The number of aryl methyl sites for hydroxylation is 2. The van der Waals surface area contributed by atoms with Gasteiger partial charge in [0.25, 0.3) is 0 Å². The van der Waals surface area contributed by atoms with E-state index in [1.54, 1.807) is 12.3 Å². The quantitative estimate of drug-likeness (QED) is 0.655. The van der Waals surface area contributed by atoms with E-state index in [0.717, 1.165) is 11.1 Å².